The highest BCUT2D eigenvalue weighted by Gasteiger charge is 2.35. The lowest BCUT2D eigenvalue weighted by atomic mass is 10.0. The average Bonchev–Trinajstić information content (AvgIpc) is 3.08. The second-order valence-corrected chi connectivity index (χ2v) is 13.8. The fourth-order valence-electron chi connectivity index (χ4n) is 5.26. The summed E-state index contributed by atoms with van der Waals surface area (Å²) in [6.07, 6.45) is 2.90. The number of aryl methyl sites for hydroxylation is 1. The summed E-state index contributed by atoms with van der Waals surface area (Å²) in [6.45, 7) is 6.06. The molecule has 0 saturated heterocycles. The van der Waals surface area contributed by atoms with E-state index in [2.05, 4.69) is 5.32 Å². The van der Waals surface area contributed by atoms with Crippen molar-refractivity contribution in [3.8, 4) is 5.75 Å². The lowest BCUT2D eigenvalue weighted by Gasteiger charge is -2.34. The number of para-hydroxylation sites is 2. The number of anilines is 1. The van der Waals surface area contributed by atoms with E-state index in [0.717, 1.165) is 32.3 Å². The van der Waals surface area contributed by atoms with Gasteiger partial charge in [0.05, 0.1) is 17.2 Å². The summed E-state index contributed by atoms with van der Waals surface area (Å²) in [5.41, 5.74) is 2.96. The van der Waals surface area contributed by atoms with E-state index in [4.69, 9.17) is 4.74 Å². The number of carbonyl (C=O) groups excluding carboxylic acids is 2. The first-order chi connectivity index (χ1) is 22.7. The molecule has 4 rings (SSSR count). The molecule has 10 heteroatoms. The fourth-order valence-corrected chi connectivity index (χ4v) is 7.09. The smallest absolute Gasteiger partial charge is 0.264 e. The van der Waals surface area contributed by atoms with Crippen LogP contribution < -0.4 is 14.4 Å². The Hall–Kier alpha value is -4.28. The summed E-state index contributed by atoms with van der Waals surface area (Å²) < 4.78 is 35.7. The standard InChI is InChI=1S/C37H43N3O5S2/c1-5-23-38-37(42)34(25-29-14-8-7-9-15-29)39(26-30-16-12-13-28(3)24-30)36(41)27-40(33-17-10-11-18-35(33)45-6-2)47(43,44)32-21-19-31(46-4)20-22-32/h7-22,24,34H,5-6,23,25-27H2,1-4H3,(H,38,42)/t34-/m0/s1. The van der Waals surface area contributed by atoms with Crippen LogP contribution in [0, 0.1) is 6.92 Å². The normalized spacial score (nSPS) is 11.8. The monoisotopic (exact) mass is 673 g/mol. The van der Waals surface area contributed by atoms with Crippen molar-refractivity contribution in [3.63, 3.8) is 0 Å². The first-order valence-electron chi connectivity index (χ1n) is 15.7. The molecule has 8 nitrogen and oxygen atoms in total. The topological polar surface area (TPSA) is 96.0 Å². The zero-order chi connectivity index (χ0) is 33.8. The Kier molecular flexibility index (Phi) is 12.9. The van der Waals surface area contributed by atoms with Gasteiger partial charge in [-0.15, -0.1) is 11.8 Å². The Morgan fingerprint density at radius 1 is 0.872 bits per heavy atom. The summed E-state index contributed by atoms with van der Waals surface area (Å²) in [5, 5.41) is 2.98. The molecule has 248 valence electrons. The third-order valence-electron chi connectivity index (χ3n) is 7.62. The SMILES string of the molecule is CCCNC(=O)[C@H](Cc1ccccc1)N(Cc1cccc(C)c1)C(=O)CN(c1ccccc1OCC)S(=O)(=O)c1ccc(SC)cc1. The molecule has 0 aliphatic heterocycles. The highest BCUT2D eigenvalue weighted by atomic mass is 32.2. The molecule has 4 aromatic rings. The van der Waals surface area contributed by atoms with Gasteiger partial charge in [0.2, 0.25) is 11.8 Å². The third-order valence-corrected chi connectivity index (χ3v) is 10.1. The summed E-state index contributed by atoms with van der Waals surface area (Å²) >= 11 is 1.50. The van der Waals surface area contributed by atoms with Crippen LogP contribution in [-0.4, -0.2) is 57.1 Å². The van der Waals surface area contributed by atoms with Crippen LogP contribution in [0.1, 0.15) is 37.0 Å². The van der Waals surface area contributed by atoms with Crippen molar-refractivity contribution < 1.29 is 22.7 Å². The molecule has 0 aliphatic carbocycles. The lowest BCUT2D eigenvalue weighted by Crippen LogP contribution is -2.53. The first kappa shape index (κ1) is 35.6. The van der Waals surface area contributed by atoms with Gasteiger partial charge in [0, 0.05) is 24.4 Å². The van der Waals surface area contributed by atoms with Crippen molar-refractivity contribution in [2.24, 2.45) is 0 Å². The summed E-state index contributed by atoms with van der Waals surface area (Å²) in [4.78, 5) is 31.0. The first-order valence-corrected chi connectivity index (χ1v) is 18.4. The molecule has 0 fully saturated rings. The Morgan fingerprint density at radius 3 is 2.21 bits per heavy atom. The van der Waals surface area contributed by atoms with Gasteiger partial charge in [-0.05, 0) is 74.0 Å². The van der Waals surface area contributed by atoms with Crippen molar-refractivity contribution >= 4 is 39.3 Å². The van der Waals surface area contributed by atoms with Gasteiger partial charge >= 0.3 is 0 Å². The van der Waals surface area contributed by atoms with Gasteiger partial charge in [0.15, 0.2) is 0 Å². The molecular weight excluding hydrogens is 631 g/mol. The lowest BCUT2D eigenvalue weighted by molar-refractivity contribution is -0.140. The molecular formula is C37H43N3O5S2. The molecule has 0 heterocycles. The van der Waals surface area contributed by atoms with Crippen molar-refractivity contribution in [3.05, 3.63) is 120 Å². The molecule has 0 radical (unpaired) electrons. The van der Waals surface area contributed by atoms with E-state index in [1.54, 1.807) is 48.5 Å². The highest BCUT2D eigenvalue weighted by molar-refractivity contribution is 7.98. The van der Waals surface area contributed by atoms with Crippen molar-refractivity contribution in [1.82, 2.24) is 10.2 Å². The Bertz CT molecular complexity index is 1730. The zero-order valence-corrected chi connectivity index (χ0v) is 29.0. The number of hydrogen-bond donors (Lipinski definition) is 1. The minimum Gasteiger partial charge on any atom is -0.492 e. The number of nitrogens with zero attached hydrogens (tertiary/aromatic N) is 2. The summed E-state index contributed by atoms with van der Waals surface area (Å²) in [5.74, 6) is -0.484. The number of nitrogens with one attached hydrogen (secondary N) is 1. The van der Waals surface area contributed by atoms with E-state index in [0.29, 0.717) is 18.9 Å². The molecule has 0 bridgehead atoms. The maximum Gasteiger partial charge on any atom is 0.264 e. The molecule has 0 aliphatic rings. The fraction of sp³-hybridized carbons (Fsp3) is 0.297. The van der Waals surface area contributed by atoms with Gasteiger partial charge < -0.3 is 15.0 Å². The van der Waals surface area contributed by atoms with Crippen LogP contribution in [0.4, 0.5) is 5.69 Å². The Labute approximate surface area is 283 Å². The molecule has 0 aromatic heterocycles. The van der Waals surface area contributed by atoms with E-state index < -0.39 is 28.5 Å². The molecule has 1 N–H and O–H groups in total. The molecule has 47 heavy (non-hydrogen) atoms. The summed E-state index contributed by atoms with van der Waals surface area (Å²) in [6, 6.07) is 29.7. The number of ether oxygens (including phenoxy) is 1. The quantitative estimate of drug-likeness (QED) is 0.137. The highest BCUT2D eigenvalue weighted by Crippen LogP contribution is 2.33. The molecule has 0 unspecified atom stereocenters. The van der Waals surface area contributed by atoms with Crippen molar-refractivity contribution in [2.75, 3.05) is 30.3 Å². The van der Waals surface area contributed by atoms with E-state index >= 15 is 0 Å². The van der Waals surface area contributed by atoms with Crippen LogP contribution in [0.2, 0.25) is 0 Å². The van der Waals surface area contributed by atoms with Crippen LogP contribution in [0.5, 0.6) is 5.75 Å². The van der Waals surface area contributed by atoms with E-state index in [9.17, 15) is 18.0 Å². The van der Waals surface area contributed by atoms with E-state index in [1.165, 1.54) is 16.7 Å². The van der Waals surface area contributed by atoms with Crippen molar-refractivity contribution in [2.45, 2.75) is 56.0 Å². The minimum atomic E-state index is -4.25. The van der Waals surface area contributed by atoms with Gasteiger partial charge in [-0.3, -0.25) is 13.9 Å². The Morgan fingerprint density at radius 2 is 1.55 bits per heavy atom. The number of carbonyl (C=O) groups is 2. The third kappa shape index (κ3) is 9.39. The maximum atomic E-state index is 14.7. The second-order valence-electron chi connectivity index (χ2n) is 11.1. The zero-order valence-electron chi connectivity index (χ0n) is 27.4. The molecule has 0 saturated carbocycles. The maximum absolute atomic E-state index is 14.7. The Balaban J connectivity index is 1.83. The van der Waals surface area contributed by atoms with Crippen LogP contribution >= 0.6 is 11.8 Å². The minimum absolute atomic E-state index is 0.0427. The van der Waals surface area contributed by atoms with Crippen molar-refractivity contribution in [1.29, 1.82) is 0 Å². The van der Waals surface area contributed by atoms with Gasteiger partial charge in [0.25, 0.3) is 10.0 Å². The van der Waals surface area contributed by atoms with Crippen LogP contribution in [-0.2, 0) is 32.6 Å². The van der Waals surface area contributed by atoms with Crippen LogP contribution in [0.15, 0.2) is 113 Å². The number of sulfonamides is 1. The molecule has 1 atom stereocenters. The van der Waals surface area contributed by atoms with Crippen LogP contribution in [0.3, 0.4) is 0 Å². The van der Waals surface area contributed by atoms with Gasteiger partial charge in [-0.25, -0.2) is 8.42 Å². The molecule has 2 amide bonds. The predicted octanol–water partition coefficient (Wildman–Crippen LogP) is 6.48. The number of thioether (sulfide) groups is 1. The molecule has 4 aromatic carbocycles. The largest absolute Gasteiger partial charge is 0.492 e. The van der Waals surface area contributed by atoms with Gasteiger partial charge in [0.1, 0.15) is 18.3 Å². The second kappa shape index (κ2) is 17.0. The average molecular weight is 674 g/mol. The van der Waals surface area contributed by atoms with Crippen LogP contribution in [0.25, 0.3) is 0 Å². The number of rotatable bonds is 16. The van der Waals surface area contributed by atoms with E-state index in [-0.39, 0.29) is 29.5 Å². The predicted molar refractivity (Wildman–Crippen MR) is 189 cm³/mol. The number of amides is 2. The van der Waals surface area contributed by atoms with E-state index in [1.807, 2.05) is 81.6 Å². The summed E-state index contributed by atoms with van der Waals surface area (Å²) in [7, 11) is -4.25. The number of hydrogen-bond acceptors (Lipinski definition) is 6. The molecule has 0 spiro atoms. The van der Waals surface area contributed by atoms with Gasteiger partial charge in [-0.1, -0.05) is 79.2 Å². The van der Waals surface area contributed by atoms with Gasteiger partial charge in [-0.2, -0.15) is 0 Å². The number of benzene rings is 4.